The maximum Gasteiger partial charge on any atom is 0 e. The van der Waals surface area contributed by atoms with Crippen LogP contribution >= 0.6 is 0 Å². The quantitative estimate of drug-likeness (QED) is 0.582. The van der Waals surface area contributed by atoms with E-state index in [1.165, 1.54) is 38.5 Å². The number of nitrogens with two attached hydrogens (primary N) is 1. The maximum atomic E-state index is 5.34. The Balaban J connectivity index is 0. The van der Waals surface area contributed by atoms with Gasteiger partial charge in [0.1, 0.15) is 0 Å². The molecule has 1 nitrogen and oxygen atoms in total. The zero-order valence-corrected chi connectivity index (χ0v) is 10.9. The van der Waals surface area contributed by atoms with Crippen molar-refractivity contribution in [1.82, 2.24) is 0 Å². The van der Waals surface area contributed by atoms with Crippen molar-refractivity contribution in [2.45, 2.75) is 45.4 Å². The number of rotatable bonds is 6. The molecule has 0 aliphatic carbocycles. The van der Waals surface area contributed by atoms with Crippen LogP contribution in [-0.2, 0) is 0 Å². The normalized spacial score (nSPS) is 9.00. The molecule has 0 saturated heterocycles. The summed E-state index contributed by atoms with van der Waals surface area (Å²) in [5, 5.41) is 0. The van der Waals surface area contributed by atoms with E-state index in [4.69, 9.17) is 5.73 Å². The van der Waals surface area contributed by atoms with Crippen LogP contribution in [0.4, 0.5) is 0 Å². The molecule has 0 saturated carbocycles. The summed E-state index contributed by atoms with van der Waals surface area (Å²) in [6.07, 6.45) is 8.05. The first-order chi connectivity index (χ1) is 4.41. The monoisotopic (exact) mass is 337 g/mol. The summed E-state index contributed by atoms with van der Waals surface area (Å²) in [5.41, 5.74) is 5.34. The third-order valence-electron chi connectivity index (χ3n) is 1.56. The number of hydrogen-bond acceptors (Lipinski definition) is 1. The Morgan fingerprint density at radius 3 is 1.90 bits per heavy atom. The molecule has 10 heavy (non-hydrogen) atoms. The van der Waals surface area contributed by atoms with Gasteiger partial charge in [0.05, 0.1) is 0 Å². The molecule has 0 aromatic carbocycles. The first-order valence-corrected chi connectivity index (χ1v) is 4.12. The SMILES string of the molecule is CCCCCCCCN.[Pb]. The molecule has 0 atom stereocenters. The minimum absolute atomic E-state index is 0. The maximum absolute atomic E-state index is 5.34. The summed E-state index contributed by atoms with van der Waals surface area (Å²) in [6.45, 7) is 3.11. The van der Waals surface area contributed by atoms with Gasteiger partial charge in [-0.05, 0) is 13.0 Å². The van der Waals surface area contributed by atoms with E-state index >= 15 is 0 Å². The van der Waals surface area contributed by atoms with E-state index in [0.29, 0.717) is 0 Å². The fourth-order valence-corrected chi connectivity index (χ4v) is 0.925. The van der Waals surface area contributed by atoms with Gasteiger partial charge in [-0.15, -0.1) is 0 Å². The predicted molar refractivity (Wildman–Crippen MR) is 48.2 cm³/mol. The van der Waals surface area contributed by atoms with E-state index in [-0.39, 0.29) is 27.3 Å². The van der Waals surface area contributed by atoms with Gasteiger partial charge in [0, 0.05) is 27.3 Å². The fourth-order valence-electron chi connectivity index (χ4n) is 0.925. The Morgan fingerprint density at radius 2 is 1.40 bits per heavy atom. The van der Waals surface area contributed by atoms with Crippen LogP contribution in [0.1, 0.15) is 45.4 Å². The van der Waals surface area contributed by atoms with Crippen molar-refractivity contribution in [2.75, 3.05) is 6.54 Å². The number of hydrogen-bond donors (Lipinski definition) is 1. The van der Waals surface area contributed by atoms with E-state index in [0.717, 1.165) is 6.54 Å². The van der Waals surface area contributed by atoms with Crippen molar-refractivity contribution in [1.29, 1.82) is 0 Å². The number of unbranched alkanes of at least 4 members (excludes halogenated alkanes) is 5. The first kappa shape index (κ1) is 13.5. The van der Waals surface area contributed by atoms with Gasteiger partial charge in [-0.3, -0.25) is 0 Å². The summed E-state index contributed by atoms with van der Waals surface area (Å²) in [7, 11) is 0. The Labute approximate surface area is 84.9 Å². The molecule has 0 amide bonds. The zero-order valence-electron chi connectivity index (χ0n) is 7.03. The van der Waals surface area contributed by atoms with Crippen LogP contribution in [0.2, 0.25) is 0 Å². The molecule has 4 radical (unpaired) electrons. The third-order valence-corrected chi connectivity index (χ3v) is 1.56. The van der Waals surface area contributed by atoms with E-state index < -0.39 is 0 Å². The molecule has 0 rings (SSSR count). The van der Waals surface area contributed by atoms with Crippen LogP contribution in [0.3, 0.4) is 0 Å². The van der Waals surface area contributed by atoms with E-state index in [1.807, 2.05) is 0 Å². The van der Waals surface area contributed by atoms with Crippen molar-refractivity contribution in [3.63, 3.8) is 0 Å². The zero-order chi connectivity index (χ0) is 6.95. The largest absolute Gasteiger partial charge is 0.330 e. The van der Waals surface area contributed by atoms with Gasteiger partial charge in [-0.1, -0.05) is 39.0 Å². The van der Waals surface area contributed by atoms with E-state index in [9.17, 15) is 0 Å². The van der Waals surface area contributed by atoms with Gasteiger partial charge in [0.25, 0.3) is 0 Å². The molecule has 60 valence electrons. The van der Waals surface area contributed by atoms with Gasteiger partial charge in [-0.2, -0.15) is 0 Å². The molecule has 0 unspecified atom stereocenters. The summed E-state index contributed by atoms with van der Waals surface area (Å²) in [4.78, 5) is 0. The van der Waals surface area contributed by atoms with Crippen molar-refractivity contribution in [3.8, 4) is 0 Å². The molecule has 2 N–H and O–H groups in total. The Bertz CT molecular complexity index is 42.5. The Kier molecular flexibility index (Phi) is 16.9. The molecule has 0 aliphatic heterocycles. The summed E-state index contributed by atoms with van der Waals surface area (Å²) < 4.78 is 0. The van der Waals surface area contributed by atoms with Gasteiger partial charge < -0.3 is 5.73 Å². The van der Waals surface area contributed by atoms with Crippen LogP contribution in [0, 0.1) is 0 Å². The average molecular weight is 336 g/mol. The second-order valence-corrected chi connectivity index (χ2v) is 2.56. The molecule has 0 spiro atoms. The van der Waals surface area contributed by atoms with Gasteiger partial charge in [0.15, 0.2) is 0 Å². The summed E-state index contributed by atoms with van der Waals surface area (Å²) >= 11 is 0. The van der Waals surface area contributed by atoms with Crippen molar-refractivity contribution < 1.29 is 0 Å². The van der Waals surface area contributed by atoms with Gasteiger partial charge >= 0.3 is 0 Å². The molecule has 0 fully saturated rings. The molecule has 0 aliphatic rings. The molecule has 0 bridgehead atoms. The third kappa shape index (κ3) is 11.7. The second-order valence-electron chi connectivity index (χ2n) is 2.56. The van der Waals surface area contributed by atoms with E-state index in [2.05, 4.69) is 6.92 Å². The van der Waals surface area contributed by atoms with Gasteiger partial charge in [-0.25, -0.2) is 0 Å². The van der Waals surface area contributed by atoms with Crippen LogP contribution in [0.15, 0.2) is 0 Å². The standard InChI is InChI=1S/C8H19N.Pb/c1-2-3-4-5-6-7-8-9;/h2-9H2,1H3;. The van der Waals surface area contributed by atoms with Crippen molar-refractivity contribution in [3.05, 3.63) is 0 Å². The second kappa shape index (κ2) is 12.5. The van der Waals surface area contributed by atoms with Gasteiger partial charge in [0.2, 0.25) is 0 Å². The van der Waals surface area contributed by atoms with Crippen molar-refractivity contribution in [2.24, 2.45) is 5.73 Å². The summed E-state index contributed by atoms with van der Waals surface area (Å²) in [5.74, 6) is 0. The molecule has 2 heteroatoms. The van der Waals surface area contributed by atoms with Crippen LogP contribution in [-0.4, -0.2) is 33.8 Å². The van der Waals surface area contributed by atoms with Crippen LogP contribution in [0.5, 0.6) is 0 Å². The topological polar surface area (TPSA) is 26.0 Å². The smallest absolute Gasteiger partial charge is 0 e. The van der Waals surface area contributed by atoms with E-state index in [1.54, 1.807) is 0 Å². The molecular weight excluding hydrogens is 317 g/mol. The summed E-state index contributed by atoms with van der Waals surface area (Å²) in [6, 6.07) is 0. The fraction of sp³-hybridized carbons (Fsp3) is 1.00. The minimum Gasteiger partial charge on any atom is -0.330 e. The predicted octanol–water partition coefficient (Wildman–Crippen LogP) is 1.92. The first-order valence-electron chi connectivity index (χ1n) is 4.12. The Hall–Kier alpha value is 0.882. The minimum atomic E-state index is 0. The van der Waals surface area contributed by atoms with Crippen LogP contribution < -0.4 is 5.73 Å². The molecule has 0 heterocycles. The average Bonchev–Trinajstić information content (AvgIpc) is 1.89. The van der Waals surface area contributed by atoms with Crippen molar-refractivity contribution >= 4 is 27.3 Å². The van der Waals surface area contributed by atoms with Crippen LogP contribution in [0.25, 0.3) is 0 Å². The Morgan fingerprint density at radius 1 is 0.900 bits per heavy atom. The molecular formula is C8H19NPb. The molecule has 0 aromatic heterocycles. The molecule has 0 aromatic rings.